The molecule has 3 aromatic rings. The summed E-state index contributed by atoms with van der Waals surface area (Å²) in [6, 6.07) is 17.8. The highest BCUT2D eigenvalue weighted by Gasteiger charge is 2.08. The molecule has 0 atom stereocenters. The van der Waals surface area contributed by atoms with Crippen molar-refractivity contribution in [2.24, 2.45) is 0 Å². The van der Waals surface area contributed by atoms with Crippen molar-refractivity contribution in [3.8, 4) is 11.5 Å². The van der Waals surface area contributed by atoms with Crippen LogP contribution in [0.3, 0.4) is 0 Å². The number of nitrogens with zero attached hydrogens (tertiary/aromatic N) is 1. The van der Waals surface area contributed by atoms with Gasteiger partial charge in [0.15, 0.2) is 5.16 Å². The quantitative estimate of drug-likeness (QED) is 0.414. The average Bonchev–Trinajstić information content (AvgIpc) is 2.73. The third-order valence-electron chi connectivity index (χ3n) is 3.69. The molecule has 8 heteroatoms. The summed E-state index contributed by atoms with van der Waals surface area (Å²) in [5.41, 5.74) is 0.874. The fourth-order valence-corrected chi connectivity index (χ4v) is 3.13. The molecular weight excluding hydrogens is 390 g/mol. The minimum absolute atomic E-state index is 0.110. The van der Waals surface area contributed by atoms with Gasteiger partial charge in [-0.3, -0.25) is 9.59 Å². The largest absolute Gasteiger partial charge is 0.494 e. The summed E-state index contributed by atoms with van der Waals surface area (Å²) >= 11 is 1.15. The minimum Gasteiger partial charge on any atom is -0.494 e. The second-order valence-electron chi connectivity index (χ2n) is 5.94. The zero-order valence-electron chi connectivity index (χ0n) is 15.9. The number of para-hydroxylation sites is 1. The van der Waals surface area contributed by atoms with Gasteiger partial charge < -0.3 is 19.8 Å². The second-order valence-corrected chi connectivity index (χ2v) is 6.90. The Kier molecular flexibility index (Phi) is 7.29. The number of carbonyl (C=O) groups is 1. The van der Waals surface area contributed by atoms with Gasteiger partial charge >= 0.3 is 0 Å². The van der Waals surface area contributed by atoms with Gasteiger partial charge in [-0.2, -0.15) is 0 Å². The molecule has 0 spiro atoms. The number of carbonyl (C=O) groups excluding carboxylic acids is 1. The van der Waals surface area contributed by atoms with Gasteiger partial charge in [-0.05, 0) is 43.3 Å². The number of aromatic nitrogens is 2. The Labute approximate surface area is 172 Å². The summed E-state index contributed by atoms with van der Waals surface area (Å²) in [4.78, 5) is 31.0. The van der Waals surface area contributed by atoms with Crippen LogP contribution in [0.15, 0.2) is 70.6 Å². The van der Waals surface area contributed by atoms with Gasteiger partial charge in [-0.1, -0.05) is 30.0 Å². The molecule has 1 aromatic heterocycles. The number of rotatable bonds is 9. The molecule has 150 valence electrons. The molecule has 0 aliphatic rings. The van der Waals surface area contributed by atoms with E-state index in [1.807, 2.05) is 37.3 Å². The number of anilines is 1. The van der Waals surface area contributed by atoms with Crippen molar-refractivity contribution in [3.05, 3.63) is 76.7 Å². The van der Waals surface area contributed by atoms with Crippen LogP contribution in [0, 0.1) is 0 Å². The molecule has 1 heterocycles. The molecule has 29 heavy (non-hydrogen) atoms. The number of aromatic amines is 1. The van der Waals surface area contributed by atoms with Gasteiger partial charge in [-0.25, -0.2) is 4.98 Å². The first-order valence-electron chi connectivity index (χ1n) is 9.06. The molecule has 0 saturated heterocycles. The van der Waals surface area contributed by atoms with E-state index in [9.17, 15) is 9.59 Å². The standard InChI is InChI=1S/C21H21N3O4S/c1-2-27-18-10-8-15(9-11-18)22-20(26)14-29-21-23-16(12-19(25)24-21)13-28-17-6-4-3-5-7-17/h3-12H,2,13-14H2,1H3,(H,22,26)(H,23,24,25). The van der Waals surface area contributed by atoms with E-state index in [1.54, 1.807) is 24.3 Å². The Morgan fingerprint density at radius 1 is 1.07 bits per heavy atom. The topological polar surface area (TPSA) is 93.3 Å². The van der Waals surface area contributed by atoms with Gasteiger partial charge in [0.25, 0.3) is 5.56 Å². The van der Waals surface area contributed by atoms with Crippen molar-refractivity contribution in [1.82, 2.24) is 9.97 Å². The summed E-state index contributed by atoms with van der Waals surface area (Å²) in [6.45, 7) is 2.66. The van der Waals surface area contributed by atoms with E-state index in [1.165, 1.54) is 6.07 Å². The van der Waals surface area contributed by atoms with E-state index in [0.717, 1.165) is 17.5 Å². The van der Waals surface area contributed by atoms with Crippen molar-refractivity contribution in [2.45, 2.75) is 18.7 Å². The molecule has 3 rings (SSSR count). The molecule has 0 unspecified atom stereocenters. The first-order chi connectivity index (χ1) is 14.1. The van der Waals surface area contributed by atoms with Crippen LogP contribution in [0.25, 0.3) is 0 Å². The zero-order valence-corrected chi connectivity index (χ0v) is 16.7. The molecule has 0 fully saturated rings. The molecule has 0 aliphatic heterocycles. The molecule has 7 nitrogen and oxygen atoms in total. The number of H-pyrrole nitrogens is 1. The Hall–Kier alpha value is -3.26. The number of ether oxygens (including phenoxy) is 2. The lowest BCUT2D eigenvalue weighted by molar-refractivity contribution is -0.113. The van der Waals surface area contributed by atoms with Crippen molar-refractivity contribution >= 4 is 23.4 Å². The Bertz CT molecular complexity index is 991. The van der Waals surface area contributed by atoms with E-state index >= 15 is 0 Å². The van der Waals surface area contributed by atoms with Crippen molar-refractivity contribution in [2.75, 3.05) is 17.7 Å². The number of hydrogen-bond acceptors (Lipinski definition) is 6. The van der Waals surface area contributed by atoms with Crippen LogP contribution in [0.4, 0.5) is 5.69 Å². The van der Waals surface area contributed by atoms with Gasteiger partial charge in [0.2, 0.25) is 5.91 Å². The summed E-state index contributed by atoms with van der Waals surface area (Å²) in [6.07, 6.45) is 0. The summed E-state index contributed by atoms with van der Waals surface area (Å²) in [5.74, 6) is 1.35. The monoisotopic (exact) mass is 411 g/mol. The van der Waals surface area contributed by atoms with Crippen LogP contribution in [-0.4, -0.2) is 28.2 Å². The van der Waals surface area contributed by atoms with Crippen LogP contribution in [0.1, 0.15) is 12.6 Å². The first kappa shape index (κ1) is 20.5. The molecule has 0 radical (unpaired) electrons. The highest BCUT2D eigenvalue weighted by atomic mass is 32.2. The normalized spacial score (nSPS) is 10.4. The lowest BCUT2D eigenvalue weighted by atomic mass is 10.3. The maximum absolute atomic E-state index is 12.2. The molecular formula is C21H21N3O4S. The van der Waals surface area contributed by atoms with Crippen LogP contribution in [0.2, 0.25) is 0 Å². The third kappa shape index (κ3) is 6.69. The SMILES string of the molecule is CCOc1ccc(NC(=O)CSc2nc(COc3ccccc3)cc(=O)[nH]2)cc1. The lowest BCUT2D eigenvalue weighted by Crippen LogP contribution is -2.16. The van der Waals surface area contributed by atoms with E-state index in [4.69, 9.17) is 9.47 Å². The molecule has 2 N–H and O–H groups in total. The number of hydrogen-bond donors (Lipinski definition) is 2. The fourth-order valence-electron chi connectivity index (χ4n) is 2.43. The second kappa shape index (κ2) is 10.3. The number of thioether (sulfide) groups is 1. The number of benzene rings is 2. The minimum atomic E-state index is -0.291. The maximum atomic E-state index is 12.2. The zero-order chi connectivity index (χ0) is 20.5. The van der Waals surface area contributed by atoms with Crippen LogP contribution >= 0.6 is 11.8 Å². The maximum Gasteiger partial charge on any atom is 0.251 e. The van der Waals surface area contributed by atoms with E-state index in [2.05, 4.69) is 15.3 Å². The highest BCUT2D eigenvalue weighted by molar-refractivity contribution is 7.99. The predicted molar refractivity (Wildman–Crippen MR) is 113 cm³/mol. The Balaban J connectivity index is 1.53. The highest BCUT2D eigenvalue weighted by Crippen LogP contribution is 2.17. The van der Waals surface area contributed by atoms with Gasteiger partial charge in [0.1, 0.15) is 18.1 Å². The summed E-state index contributed by atoms with van der Waals surface area (Å²) < 4.78 is 11.0. The Morgan fingerprint density at radius 2 is 1.79 bits per heavy atom. The molecule has 2 aromatic carbocycles. The third-order valence-corrected chi connectivity index (χ3v) is 4.57. The predicted octanol–water partition coefficient (Wildman–Crippen LogP) is 3.48. The fraction of sp³-hybridized carbons (Fsp3) is 0.190. The van der Waals surface area contributed by atoms with Crippen molar-refractivity contribution in [3.63, 3.8) is 0 Å². The van der Waals surface area contributed by atoms with E-state index in [-0.39, 0.29) is 23.8 Å². The van der Waals surface area contributed by atoms with E-state index < -0.39 is 0 Å². The van der Waals surface area contributed by atoms with E-state index in [0.29, 0.717) is 28.9 Å². The van der Waals surface area contributed by atoms with Gasteiger partial charge in [0, 0.05) is 11.8 Å². The van der Waals surface area contributed by atoms with Gasteiger partial charge in [-0.15, -0.1) is 0 Å². The van der Waals surface area contributed by atoms with Crippen LogP contribution < -0.4 is 20.3 Å². The smallest absolute Gasteiger partial charge is 0.251 e. The van der Waals surface area contributed by atoms with Crippen LogP contribution in [0.5, 0.6) is 11.5 Å². The molecule has 0 bridgehead atoms. The number of amides is 1. The van der Waals surface area contributed by atoms with Crippen molar-refractivity contribution in [1.29, 1.82) is 0 Å². The van der Waals surface area contributed by atoms with Gasteiger partial charge in [0.05, 0.1) is 18.1 Å². The molecule has 1 amide bonds. The average molecular weight is 411 g/mol. The lowest BCUT2D eigenvalue weighted by Gasteiger charge is -2.08. The number of nitrogens with one attached hydrogen (secondary N) is 2. The first-order valence-corrected chi connectivity index (χ1v) is 10.0. The summed E-state index contributed by atoms with van der Waals surface area (Å²) in [7, 11) is 0. The summed E-state index contributed by atoms with van der Waals surface area (Å²) in [5, 5.41) is 3.16. The molecule has 0 saturated carbocycles. The molecule has 0 aliphatic carbocycles. The van der Waals surface area contributed by atoms with Crippen LogP contribution in [-0.2, 0) is 11.4 Å². The Morgan fingerprint density at radius 3 is 2.52 bits per heavy atom. The van der Waals surface area contributed by atoms with Crippen molar-refractivity contribution < 1.29 is 14.3 Å².